The lowest BCUT2D eigenvalue weighted by atomic mass is 9.96. The lowest BCUT2D eigenvalue weighted by molar-refractivity contribution is 0.320. The van der Waals surface area contributed by atoms with E-state index in [1.165, 1.54) is 17.0 Å². The van der Waals surface area contributed by atoms with Crippen LogP contribution < -0.4 is 0 Å². The summed E-state index contributed by atoms with van der Waals surface area (Å²) in [5, 5.41) is 2.45. The fraction of sp³-hybridized carbons (Fsp3) is 0.304. The third-order valence-corrected chi connectivity index (χ3v) is 7.19. The molecule has 1 fully saturated rings. The Morgan fingerprint density at radius 2 is 1.90 bits per heavy atom. The van der Waals surface area contributed by atoms with E-state index in [0.29, 0.717) is 5.25 Å². The molecule has 0 bridgehead atoms. The number of amidine groups is 1. The predicted molar refractivity (Wildman–Crippen MR) is 121 cm³/mol. The van der Waals surface area contributed by atoms with Crippen LogP contribution in [0.25, 0.3) is 5.69 Å². The van der Waals surface area contributed by atoms with Gasteiger partial charge < -0.3 is 9.47 Å². The SMILES string of the molecule is Cc1cc([C@@H]2[C@H](c3ccccn3)N=C3S[C@@H](C)CN32)c(C)n1-c1ccccc1Cl. The highest BCUT2D eigenvalue weighted by Gasteiger charge is 2.44. The van der Waals surface area contributed by atoms with Crippen LogP contribution in [0.1, 0.15) is 41.7 Å². The van der Waals surface area contributed by atoms with Crippen molar-refractivity contribution in [2.24, 2.45) is 4.99 Å². The highest BCUT2D eigenvalue weighted by atomic mass is 35.5. The van der Waals surface area contributed by atoms with Crippen molar-refractivity contribution in [3.8, 4) is 5.69 Å². The summed E-state index contributed by atoms with van der Waals surface area (Å²) in [6, 6.07) is 16.6. The fourth-order valence-corrected chi connectivity index (χ4v) is 5.86. The molecule has 148 valence electrons. The molecule has 2 aliphatic heterocycles. The lowest BCUT2D eigenvalue weighted by Gasteiger charge is -2.27. The maximum absolute atomic E-state index is 6.54. The largest absolute Gasteiger partial charge is 0.341 e. The van der Waals surface area contributed by atoms with Crippen molar-refractivity contribution < 1.29 is 0 Å². The van der Waals surface area contributed by atoms with Crippen molar-refractivity contribution in [1.29, 1.82) is 0 Å². The number of thioether (sulfide) groups is 1. The minimum Gasteiger partial charge on any atom is -0.341 e. The maximum atomic E-state index is 6.54. The van der Waals surface area contributed by atoms with Gasteiger partial charge in [0.25, 0.3) is 0 Å². The van der Waals surface area contributed by atoms with E-state index in [1.807, 2.05) is 48.3 Å². The molecule has 0 amide bonds. The first kappa shape index (κ1) is 18.8. The molecule has 3 atom stereocenters. The second-order valence-corrected chi connectivity index (χ2v) is 9.56. The molecular formula is C23H23ClN4S. The number of rotatable bonds is 3. The highest BCUT2D eigenvalue weighted by Crippen LogP contribution is 2.49. The minimum atomic E-state index is 0.00592. The minimum absolute atomic E-state index is 0.00592. The van der Waals surface area contributed by atoms with Crippen LogP contribution in [-0.4, -0.2) is 31.4 Å². The Kier molecular flexibility index (Phi) is 4.67. The van der Waals surface area contributed by atoms with Crippen molar-refractivity contribution >= 4 is 28.5 Å². The van der Waals surface area contributed by atoms with E-state index in [4.69, 9.17) is 16.6 Å². The van der Waals surface area contributed by atoms with Crippen LogP contribution in [0.2, 0.25) is 5.02 Å². The predicted octanol–water partition coefficient (Wildman–Crippen LogP) is 5.73. The van der Waals surface area contributed by atoms with Crippen molar-refractivity contribution in [2.45, 2.75) is 38.1 Å². The molecule has 6 heteroatoms. The molecule has 2 aromatic heterocycles. The van der Waals surface area contributed by atoms with Crippen molar-refractivity contribution in [3.63, 3.8) is 0 Å². The summed E-state index contributed by atoms with van der Waals surface area (Å²) >= 11 is 8.41. The molecule has 3 aromatic rings. The molecule has 0 unspecified atom stereocenters. The Morgan fingerprint density at radius 3 is 2.66 bits per heavy atom. The summed E-state index contributed by atoms with van der Waals surface area (Å²) in [5.74, 6) is 0. The quantitative estimate of drug-likeness (QED) is 0.540. The van der Waals surface area contributed by atoms with Gasteiger partial charge in [-0.2, -0.15) is 0 Å². The van der Waals surface area contributed by atoms with E-state index in [2.05, 4.69) is 53.4 Å². The van der Waals surface area contributed by atoms with Crippen molar-refractivity contribution in [3.05, 3.63) is 82.4 Å². The summed E-state index contributed by atoms with van der Waals surface area (Å²) in [5.41, 5.74) is 5.73. The summed E-state index contributed by atoms with van der Waals surface area (Å²) < 4.78 is 2.26. The average Bonchev–Trinajstić information content (AvgIpc) is 3.33. The molecule has 1 aromatic carbocycles. The maximum Gasteiger partial charge on any atom is 0.160 e. The van der Waals surface area contributed by atoms with E-state index in [-0.39, 0.29) is 12.1 Å². The van der Waals surface area contributed by atoms with Gasteiger partial charge in [-0.1, -0.05) is 48.5 Å². The van der Waals surface area contributed by atoms with E-state index in [1.54, 1.807) is 0 Å². The molecular weight excluding hydrogens is 400 g/mol. The van der Waals surface area contributed by atoms with Gasteiger partial charge in [0.15, 0.2) is 5.17 Å². The van der Waals surface area contributed by atoms with Gasteiger partial charge >= 0.3 is 0 Å². The number of aryl methyl sites for hydroxylation is 1. The number of aliphatic imine (C=N–C) groups is 1. The van der Waals surface area contributed by atoms with E-state index < -0.39 is 0 Å². The average molecular weight is 423 g/mol. The molecule has 29 heavy (non-hydrogen) atoms. The van der Waals surface area contributed by atoms with Gasteiger partial charge in [-0.15, -0.1) is 0 Å². The Hall–Kier alpha value is -2.24. The van der Waals surface area contributed by atoms with Gasteiger partial charge in [-0.25, -0.2) is 0 Å². The Balaban J connectivity index is 1.64. The van der Waals surface area contributed by atoms with Crippen molar-refractivity contribution in [2.75, 3.05) is 6.54 Å². The zero-order valence-electron chi connectivity index (χ0n) is 16.7. The van der Waals surface area contributed by atoms with Crippen LogP contribution in [0.3, 0.4) is 0 Å². The van der Waals surface area contributed by atoms with E-state index >= 15 is 0 Å². The number of fused-ring (bicyclic) bond motifs is 1. The number of aromatic nitrogens is 2. The summed E-state index contributed by atoms with van der Waals surface area (Å²) in [7, 11) is 0. The zero-order chi connectivity index (χ0) is 20.1. The van der Waals surface area contributed by atoms with Crippen LogP contribution in [-0.2, 0) is 0 Å². The van der Waals surface area contributed by atoms with Crippen LogP contribution >= 0.6 is 23.4 Å². The molecule has 0 spiro atoms. The monoisotopic (exact) mass is 422 g/mol. The highest BCUT2D eigenvalue weighted by molar-refractivity contribution is 8.14. The first-order chi connectivity index (χ1) is 14.0. The molecule has 4 heterocycles. The smallest absolute Gasteiger partial charge is 0.160 e. The number of nitrogens with zero attached hydrogens (tertiary/aromatic N) is 4. The second kappa shape index (κ2) is 7.22. The summed E-state index contributed by atoms with van der Waals surface area (Å²) in [6.07, 6.45) is 1.86. The van der Waals surface area contributed by atoms with Crippen LogP contribution in [0, 0.1) is 13.8 Å². The fourth-order valence-electron chi connectivity index (χ4n) is 4.54. The summed E-state index contributed by atoms with van der Waals surface area (Å²) in [6.45, 7) is 7.61. The molecule has 0 N–H and O–H groups in total. The van der Waals surface area contributed by atoms with E-state index in [9.17, 15) is 0 Å². The molecule has 4 nitrogen and oxygen atoms in total. The summed E-state index contributed by atoms with van der Waals surface area (Å²) in [4.78, 5) is 12.2. The van der Waals surface area contributed by atoms with Gasteiger partial charge in [0, 0.05) is 29.4 Å². The Morgan fingerprint density at radius 1 is 1.10 bits per heavy atom. The van der Waals surface area contributed by atoms with E-state index in [0.717, 1.165) is 28.1 Å². The zero-order valence-corrected chi connectivity index (χ0v) is 18.3. The first-order valence-electron chi connectivity index (χ1n) is 9.90. The van der Waals surface area contributed by atoms with Gasteiger partial charge in [-0.3, -0.25) is 9.98 Å². The second-order valence-electron chi connectivity index (χ2n) is 7.75. The Bertz CT molecular complexity index is 1090. The number of para-hydroxylation sites is 1. The number of benzene rings is 1. The number of halogens is 1. The standard InChI is InChI=1S/C23H23ClN4S/c1-14-12-17(16(3)28(14)20-10-5-4-8-18(20)24)22-21(19-9-6-7-11-25-19)26-23-27(22)13-15(2)29-23/h4-12,15,21-22H,13H2,1-3H3/t15-,21-,22+/m0/s1. The Labute approximate surface area is 180 Å². The van der Waals surface area contributed by atoms with Gasteiger partial charge in [-0.05, 0) is 49.7 Å². The molecule has 2 aliphatic rings. The molecule has 0 saturated carbocycles. The van der Waals surface area contributed by atoms with Crippen LogP contribution in [0.5, 0.6) is 0 Å². The molecule has 0 radical (unpaired) electrons. The van der Waals surface area contributed by atoms with Gasteiger partial charge in [0.2, 0.25) is 0 Å². The van der Waals surface area contributed by atoms with Crippen LogP contribution in [0.15, 0.2) is 59.7 Å². The van der Waals surface area contributed by atoms with Crippen LogP contribution in [0.4, 0.5) is 0 Å². The molecule has 0 aliphatic carbocycles. The normalized spacial score (nSPS) is 23.4. The number of pyridine rings is 1. The topological polar surface area (TPSA) is 33.4 Å². The number of hydrogen-bond donors (Lipinski definition) is 0. The van der Waals surface area contributed by atoms with Gasteiger partial charge in [0.1, 0.15) is 6.04 Å². The van der Waals surface area contributed by atoms with Crippen molar-refractivity contribution in [1.82, 2.24) is 14.5 Å². The lowest BCUT2D eigenvalue weighted by Crippen LogP contribution is -2.28. The molecule has 1 saturated heterocycles. The van der Waals surface area contributed by atoms with Gasteiger partial charge in [0.05, 0.1) is 22.4 Å². The third kappa shape index (κ3) is 3.08. The third-order valence-electron chi connectivity index (χ3n) is 5.76. The molecule has 5 rings (SSSR count). The number of hydrogen-bond acceptors (Lipinski definition) is 4. The first-order valence-corrected chi connectivity index (χ1v) is 11.2.